The molecule has 1 aromatic rings. The van der Waals surface area contributed by atoms with Crippen LogP contribution in [0.25, 0.3) is 6.08 Å². The fourth-order valence-corrected chi connectivity index (χ4v) is 1.81. The van der Waals surface area contributed by atoms with Crippen LogP contribution in [0.2, 0.25) is 0 Å². The van der Waals surface area contributed by atoms with Crippen LogP contribution in [0, 0.1) is 6.92 Å². The number of methoxy groups -OCH3 is 3. The van der Waals surface area contributed by atoms with Crippen LogP contribution in [0.4, 0.5) is 0 Å². The Morgan fingerprint density at radius 2 is 1.53 bits per heavy atom. The number of carbonyl (C=O) groups excluding carboxylic acids is 1. The van der Waals surface area contributed by atoms with Crippen molar-refractivity contribution in [2.24, 2.45) is 0 Å². The van der Waals surface area contributed by atoms with E-state index < -0.39 is 5.97 Å². The molecule has 0 aliphatic rings. The Bertz CT molecular complexity index is 447. The third kappa shape index (κ3) is 3.50. The van der Waals surface area contributed by atoms with E-state index in [2.05, 4.69) is 0 Å². The summed E-state index contributed by atoms with van der Waals surface area (Å²) in [6.07, 6.45) is 1.71. The Morgan fingerprint density at radius 1 is 1.05 bits per heavy atom. The Morgan fingerprint density at radius 3 is 1.89 bits per heavy atom. The molecule has 0 fully saturated rings. The number of rotatable bonds is 6. The molecule has 0 unspecified atom stereocenters. The summed E-state index contributed by atoms with van der Waals surface area (Å²) in [5, 5.41) is 0. The molecule has 1 aromatic carbocycles. The summed E-state index contributed by atoms with van der Waals surface area (Å²) in [7, 11) is 4.29. The number of aryl methyl sites for hydroxylation is 1. The molecule has 4 nitrogen and oxygen atoms in total. The summed E-state index contributed by atoms with van der Waals surface area (Å²) in [6, 6.07) is 7.78. The molecule has 0 spiro atoms. The SMILES string of the molecule is COC(OC)(OC)C(=Cc1ccc(C)cc1)C(C)=O. The van der Waals surface area contributed by atoms with E-state index in [1.165, 1.54) is 28.3 Å². The van der Waals surface area contributed by atoms with Crippen LogP contribution >= 0.6 is 0 Å². The highest BCUT2D eigenvalue weighted by Gasteiger charge is 2.37. The second-order valence-electron chi connectivity index (χ2n) is 4.19. The number of carbonyl (C=O) groups is 1. The fourth-order valence-electron chi connectivity index (χ4n) is 1.81. The molecule has 0 aliphatic heterocycles. The number of benzene rings is 1. The van der Waals surface area contributed by atoms with Crippen LogP contribution in [-0.2, 0) is 19.0 Å². The van der Waals surface area contributed by atoms with Gasteiger partial charge >= 0.3 is 5.97 Å². The van der Waals surface area contributed by atoms with Crippen molar-refractivity contribution in [1.82, 2.24) is 0 Å². The third-order valence-electron chi connectivity index (χ3n) is 2.90. The maximum absolute atomic E-state index is 11.8. The van der Waals surface area contributed by atoms with Gasteiger partial charge in [-0.3, -0.25) is 4.79 Å². The molecule has 0 heterocycles. The van der Waals surface area contributed by atoms with Crippen molar-refractivity contribution in [3.8, 4) is 0 Å². The summed E-state index contributed by atoms with van der Waals surface area (Å²) in [6.45, 7) is 3.45. The highest BCUT2D eigenvalue weighted by atomic mass is 16.9. The van der Waals surface area contributed by atoms with Crippen molar-refractivity contribution in [2.45, 2.75) is 19.8 Å². The van der Waals surface area contributed by atoms with Gasteiger partial charge in [-0.2, -0.15) is 0 Å². The van der Waals surface area contributed by atoms with Crippen LogP contribution in [0.15, 0.2) is 29.8 Å². The van der Waals surface area contributed by atoms with Crippen molar-refractivity contribution in [3.05, 3.63) is 41.0 Å². The van der Waals surface area contributed by atoms with Gasteiger partial charge in [-0.05, 0) is 25.5 Å². The first-order chi connectivity index (χ1) is 8.99. The van der Waals surface area contributed by atoms with Crippen LogP contribution in [0.1, 0.15) is 18.1 Å². The van der Waals surface area contributed by atoms with Gasteiger partial charge in [0.25, 0.3) is 0 Å². The molecule has 0 aromatic heterocycles. The van der Waals surface area contributed by atoms with E-state index in [-0.39, 0.29) is 5.78 Å². The van der Waals surface area contributed by atoms with E-state index in [4.69, 9.17) is 14.2 Å². The molecule has 0 bridgehead atoms. The van der Waals surface area contributed by atoms with Gasteiger partial charge in [0.2, 0.25) is 0 Å². The molecule has 4 heteroatoms. The van der Waals surface area contributed by atoms with Crippen molar-refractivity contribution in [2.75, 3.05) is 21.3 Å². The molecule has 0 saturated carbocycles. The zero-order chi connectivity index (χ0) is 14.5. The minimum absolute atomic E-state index is 0.175. The lowest BCUT2D eigenvalue weighted by Gasteiger charge is -2.29. The zero-order valence-electron chi connectivity index (χ0n) is 12.0. The second-order valence-corrected chi connectivity index (χ2v) is 4.19. The standard InChI is InChI=1S/C15H20O4/c1-11-6-8-13(9-7-11)10-14(12(2)16)15(17-3,18-4)19-5/h6-10H,1-5H3. The lowest BCUT2D eigenvalue weighted by atomic mass is 10.0. The van der Waals surface area contributed by atoms with E-state index in [1.807, 2.05) is 31.2 Å². The smallest absolute Gasteiger partial charge is 0.314 e. The molecule has 19 heavy (non-hydrogen) atoms. The molecule has 0 aliphatic carbocycles. The quantitative estimate of drug-likeness (QED) is 0.585. The minimum Gasteiger partial charge on any atom is -0.327 e. The van der Waals surface area contributed by atoms with Gasteiger partial charge in [-0.1, -0.05) is 29.8 Å². The number of Topliss-reactive ketones (excluding diaryl/α,β-unsaturated/α-hetero) is 1. The van der Waals surface area contributed by atoms with Gasteiger partial charge in [-0.25, -0.2) is 0 Å². The van der Waals surface area contributed by atoms with Crippen LogP contribution < -0.4 is 0 Å². The summed E-state index contributed by atoms with van der Waals surface area (Å²) in [4.78, 5) is 11.8. The molecule has 0 radical (unpaired) electrons. The molecule has 0 N–H and O–H groups in total. The van der Waals surface area contributed by atoms with E-state index in [1.54, 1.807) is 6.08 Å². The van der Waals surface area contributed by atoms with Gasteiger partial charge in [0, 0.05) is 21.3 Å². The third-order valence-corrected chi connectivity index (χ3v) is 2.90. The zero-order valence-corrected chi connectivity index (χ0v) is 12.0. The van der Waals surface area contributed by atoms with Crippen molar-refractivity contribution in [1.29, 1.82) is 0 Å². The summed E-state index contributed by atoms with van der Waals surface area (Å²) >= 11 is 0. The minimum atomic E-state index is -1.48. The van der Waals surface area contributed by atoms with E-state index in [0.717, 1.165) is 11.1 Å². The highest BCUT2D eigenvalue weighted by molar-refractivity contribution is 5.99. The second kappa shape index (κ2) is 6.61. The normalized spacial score (nSPS) is 12.6. The molecule has 0 saturated heterocycles. The summed E-state index contributed by atoms with van der Waals surface area (Å²) < 4.78 is 15.7. The predicted octanol–water partition coefficient (Wildman–Crippen LogP) is 2.56. The van der Waals surface area contributed by atoms with Gasteiger partial charge in [0.05, 0.1) is 5.57 Å². The summed E-state index contributed by atoms with van der Waals surface area (Å²) in [5.74, 6) is -1.65. The van der Waals surface area contributed by atoms with Crippen molar-refractivity contribution in [3.63, 3.8) is 0 Å². The average Bonchev–Trinajstić information content (AvgIpc) is 2.42. The van der Waals surface area contributed by atoms with E-state index in [9.17, 15) is 4.79 Å². The first-order valence-corrected chi connectivity index (χ1v) is 5.94. The molecular weight excluding hydrogens is 244 g/mol. The highest BCUT2D eigenvalue weighted by Crippen LogP contribution is 2.26. The average molecular weight is 264 g/mol. The van der Waals surface area contributed by atoms with Gasteiger partial charge < -0.3 is 14.2 Å². The van der Waals surface area contributed by atoms with E-state index >= 15 is 0 Å². The monoisotopic (exact) mass is 264 g/mol. The number of ketones is 1. The molecule has 1 rings (SSSR count). The topological polar surface area (TPSA) is 44.8 Å². The van der Waals surface area contributed by atoms with Crippen LogP contribution in [0.5, 0.6) is 0 Å². The first-order valence-electron chi connectivity index (χ1n) is 5.94. The van der Waals surface area contributed by atoms with Crippen molar-refractivity contribution < 1.29 is 19.0 Å². The Balaban J connectivity index is 3.27. The largest absolute Gasteiger partial charge is 0.327 e. The number of hydrogen-bond donors (Lipinski definition) is 0. The maximum Gasteiger partial charge on any atom is 0.314 e. The fraction of sp³-hybridized carbons (Fsp3) is 0.400. The lowest BCUT2D eigenvalue weighted by molar-refractivity contribution is -0.324. The first kappa shape index (κ1) is 15.6. The van der Waals surface area contributed by atoms with Crippen LogP contribution in [0.3, 0.4) is 0 Å². The van der Waals surface area contributed by atoms with Crippen molar-refractivity contribution >= 4 is 11.9 Å². The molecular formula is C15H20O4. The summed E-state index contributed by atoms with van der Waals surface area (Å²) in [5.41, 5.74) is 2.34. The Hall–Kier alpha value is -1.49. The Kier molecular flexibility index (Phi) is 5.42. The predicted molar refractivity (Wildman–Crippen MR) is 73.6 cm³/mol. The number of ether oxygens (including phenoxy) is 3. The molecule has 104 valence electrons. The van der Waals surface area contributed by atoms with Gasteiger partial charge in [-0.15, -0.1) is 0 Å². The number of hydrogen-bond acceptors (Lipinski definition) is 4. The van der Waals surface area contributed by atoms with Gasteiger partial charge in [0.1, 0.15) is 0 Å². The van der Waals surface area contributed by atoms with E-state index in [0.29, 0.717) is 5.57 Å². The van der Waals surface area contributed by atoms with Crippen LogP contribution in [-0.4, -0.2) is 33.1 Å². The van der Waals surface area contributed by atoms with Gasteiger partial charge in [0.15, 0.2) is 5.78 Å². The maximum atomic E-state index is 11.8. The molecule has 0 atom stereocenters. The molecule has 0 amide bonds. The Labute approximate surface area is 114 Å². The lowest BCUT2D eigenvalue weighted by Crippen LogP contribution is -2.40.